The summed E-state index contributed by atoms with van der Waals surface area (Å²) < 4.78 is 8.54. The Morgan fingerprint density at radius 1 is 1.50 bits per heavy atom. The molecule has 0 aliphatic carbocycles. The first-order valence-corrected chi connectivity index (χ1v) is 3.59. The van der Waals surface area contributed by atoms with E-state index in [1.165, 1.54) is 0 Å². The van der Waals surface area contributed by atoms with Crippen LogP contribution in [0.3, 0.4) is 0 Å². The van der Waals surface area contributed by atoms with Gasteiger partial charge in [0.15, 0.2) is 0 Å². The molecule has 0 unspecified atom stereocenters. The van der Waals surface area contributed by atoms with E-state index in [4.69, 9.17) is 12.0 Å². The van der Waals surface area contributed by atoms with Gasteiger partial charge in [-0.25, -0.2) is 0 Å². The second-order valence-corrected chi connectivity index (χ2v) is 2.59. The molecule has 2 aromatic rings. The minimum absolute atomic E-state index is 0.453. The molecule has 0 aliphatic heterocycles. The van der Waals surface area contributed by atoms with Crippen molar-refractivity contribution in [1.82, 2.24) is 5.16 Å². The van der Waals surface area contributed by atoms with Crippen LogP contribution in [-0.2, 0) is 0 Å². The number of hydrogen-bond donors (Lipinski definition) is 0. The van der Waals surface area contributed by atoms with Crippen LogP contribution in [0.1, 0.15) is 5.56 Å². The van der Waals surface area contributed by atoms with Gasteiger partial charge in [0.25, 0.3) is 0 Å². The summed E-state index contributed by atoms with van der Waals surface area (Å²) in [6.07, 6.45) is 0. The first-order chi connectivity index (χ1) is 5.83. The van der Waals surface area contributed by atoms with Gasteiger partial charge in [-0.1, -0.05) is 0 Å². The Labute approximate surface area is 70.2 Å². The van der Waals surface area contributed by atoms with E-state index in [0.717, 1.165) is 16.5 Å². The Bertz CT molecular complexity index is 469. The molecule has 56 valence electrons. The molecule has 1 heterocycles. The summed E-state index contributed by atoms with van der Waals surface area (Å²) in [7, 11) is 5.11. The van der Waals surface area contributed by atoms with Crippen LogP contribution >= 0.6 is 0 Å². The summed E-state index contributed by atoms with van der Waals surface area (Å²) in [6, 6.07) is 5.75. The topological polar surface area (TPSA) is 30.4 Å². The average Bonchev–Trinajstić information content (AvgIpc) is 2.49. The van der Waals surface area contributed by atoms with E-state index in [1.54, 1.807) is 0 Å². The Balaban J connectivity index is 2.91. The Kier molecular flexibility index (Phi) is 1.49. The maximum absolute atomic E-state index is 5.11. The fraction of sp³-hybridized carbons (Fsp3) is 0.125. The summed E-state index contributed by atoms with van der Waals surface area (Å²) >= 11 is 0. The van der Waals surface area contributed by atoms with Crippen molar-refractivity contribution in [3.63, 3.8) is 0 Å². The van der Waals surface area contributed by atoms with Crippen molar-refractivity contribution in [3.05, 3.63) is 28.5 Å². The van der Waals surface area contributed by atoms with Crippen LogP contribution in [0.25, 0.3) is 15.7 Å². The molecule has 0 aliphatic rings. The van der Waals surface area contributed by atoms with E-state index in [2.05, 4.69) is 9.90 Å². The molecular formula is C8H6BN2O+. The Morgan fingerprint density at radius 2 is 2.33 bits per heavy atom. The first kappa shape index (κ1) is 7.13. The normalized spacial score (nSPS) is 10.2. The number of aromatic nitrogens is 1. The standard InChI is InChI=1S/C8H6BN2O/c1-5-3-2-4-6-7(5)12-11-8(6)10-9/h2-4H,1H3/q+1. The summed E-state index contributed by atoms with van der Waals surface area (Å²) in [5.74, 6) is 0.453. The van der Waals surface area contributed by atoms with Gasteiger partial charge < -0.3 is 0 Å². The molecule has 0 bridgehead atoms. The van der Waals surface area contributed by atoms with Gasteiger partial charge in [-0.3, -0.25) is 0 Å². The van der Waals surface area contributed by atoms with Crippen LogP contribution in [0.2, 0.25) is 0 Å². The molecular weight excluding hydrogens is 151 g/mol. The summed E-state index contributed by atoms with van der Waals surface area (Å²) in [5, 5.41) is 4.57. The zero-order chi connectivity index (χ0) is 8.55. The van der Waals surface area contributed by atoms with E-state index >= 15 is 0 Å². The van der Waals surface area contributed by atoms with E-state index in [1.807, 2.05) is 25.1 Å². The molecule has 3 nitrogen and oxygen atoms in total. The van der Waals surface area contributed by atoms with Crippen LogP contribution in [-0.4, -0.2) is 12.6 Å². The molecule has 0 saturated heterocycles. The van der Waals surface area contributed by atoms with Crippen molar-refractivity contribution in [1.29, 1.82) is 0 Å². The zero-order valence-corrected chi connectivity index (χ0v) is 6.61. The number of para-hydroxylation sites is 1. The summed E-state index contributed by atoms with van der Waals surface area (Å²) in [5.41, 5.74) is 1.79. The molecule has 0 fully saturated rings. The van der Waals surface area contributed by atoms with Gasteiger partial charge in [0, 0.05) is 0 Å². The fourth-order valence-electron chi connectivity index (χ4n) is 1.18. The molecule has 0 amide bonds. The minimum atomic E-state index is 0.453. The third-order valence-corrected chi connectivity index (χ3v) is 1.80. The molecule has 1 aromatic carbocycles. The van der Waals surface area contributed by atoms with E-state index < -0.39 is 0 Å². The van der Waals surface area contributed by atoms with Gasteiger partial charge in [-0.05, 0) is 0 Å². The van der Waals surface area contributed by atoms with Gasteiger partial charge in [0.1, 0.15) is 0 Å². The summed E-state index contributed by atoms with van der Waals surface area (Å²) in [4.78, 5) is 0. The van der Waals surface area contributed by atoms with E-state index in [9.17, 15) is 0 Å². The third-order valence-electron chi connectivity index (χ3n) is 1.80. The first-order valence-electron chi connectivity index (χ1n) is 3.59. The van der Waals surface area contributed by atoms with Crippen molar-refractivity contribution in [2.75, 3.05) is 0 Å². The number of fused-ring (bicyclic) bond motifs is 1. The molecule has 2 rings (SSSR count). The molecule has 0 saturated carbocycles. The number of rotatable bonds is 0. The maximum atomic E-state index is 5.11. The molecule has 12 heavy (non-hydrogen) atoms. The van der Waals surface area contributed by atoms with Crippen molar-refractivity contribution < 1.29 is 4.52 Å². The van der Waals surface area contributed by atoms with Crippen LogP contribution < -0.4 is 0 Å². The number of hydrogen-bond acceptors (Lipinski definition) is 2. The van der Waals surface area contributed by atoms with Gasteiger partial charge in [-0.2, -0.15) is 0 Å². The van der Waals surface area contributed by atoms with Crippen LogP contribution in [0.15, 0.2) is 22.7 Å². The summed E-state index contributed by atoms with van der Waals surface area (Å²) in [6.45, 7) is 1.95. The van der Waals surface area contributed by atoms with Crippen LogP contribution in [0.5, 0.6) is 0 Å². The van der Waals surface area contributed by atoms with Gasteiger partial charge in [-0.15, -0.1) is 0 Å². The van der Waals surface area contributed by atoms with E-state index in [0.29, 0.717) is 5.82 Å². The Morgan fingerprint density at radius 3 is 3.08 bits per heavy atom. The molecule has 4 heteroatoms. The second kappa shape index (κ2) is 2.50. The molecule has 1 aromatic heterocycles. The van der Waals surface area contributed by atoms with Crippen molar-refractivity contribution >= 4 is 24.3 Å². The third kappa shape index (κ3) is 0.857. The predicted octanol–water partition coefficient (Wildman–Crippen LogP) is 2.22. The van der Waals surface area contributed by atoms with E-state index in [-0.39, 0.29) is 0 Å². The molecule has 0 spiro atoms. The molecule has 0 N–H and O–H groups in total. The number of benzene rings is 1. The fourth-order valence-corrected chi connectivity index (χ4v) is 1.18. The van der Waals surface area contributed by atoms with Crippen LogP contribution in [0, 0.1) is 6.92 Å². The van der Waals surface area contributed by atoms with Gasteiger partial charge >= 0.3 is 69.4 Å². The second-order valence-electron chi connectivity index (χ2n) is 2.59. The van der Waals surface area contributed by atoms with Crippen LogP contribution in [0.4, 0.5) is 5.82 Å². The number of nitrogens with zero attached hydrogens (tertiary/aromatic N) is 2. The number of aryl methyl sites for hydroxylation is 1. The van der Waals surface area contributed by atoms with Crippen molar-refractivity contribution in [2.24, 2.45) is 0 Å². The molecule has 0 atom stereocenters. The molecule has 0 radical (unpaired) electrons. The Hall–Kier alpha value is -1.54. The van der Waals surface area contributed by atoms with Gasteiger partial charge in [0.2, 0.25) is 0 Å². The monoisotopic (exact) mass is 157 g/mol. The quantitative estimate of drug-likeness (QED) is 0.548. The zero-order valence-electron chi connectivity index (χ0n) is 6.61. The van der Waals surface area contributed by atoms with Gasteiger partial charge in [0.05, 0.1) is 0 Å². The average molecular weight is 157 g/mol. The SMILES string of the molecule is B#[N+]c1noc2c(C)cccc12. The predicted molar refractivity (Wildman–Crippen MR) is 47.5 cm³/mol. The van der Waals surface area contributed by atoms with Crippen molar-refractivity contribution in [3.8, 4) is 0 Å². The van der Waals surface area contributed by atoms with Crippen molar-refractivity contribution in [2.45, 2.75) is 6.92 Å².